The Bertz CT molecular complexity index is 1160. The molecule has 0 atom stereocenters. The number of aromatic nitrogens is 3. The van der Waals surface area contributed by atoms with Gasteiger partial charge in [0.05, 0.1) is 24.1 Å². The number of piperidine rings is 1. The van der Waals surface area contributed by atoms with Crippen molar-refractivity contribution in [2.45, 2.75) is 26.2 Å². The van der Waals surface area contributed by atoms with Crippen LogP contribution in [0.5, 0.6) is 0 Å². The van der Waals surface area contributed by atoms with Crippen molar-refractivity contribution in [3.8, 4) is 21.8 Å². The van der Waals surface area contributed by atoms with Gasteiger partial charge in [-0.1, -0.05) is 23.5 Å². The smallest absolute Gasteiger partial charge is 0.338 e. The van der Waals surface area contributed by atoms with Gasteiger partial charge in [-0.2, -0.15) is 5.10 Å². The molecule has 0 spiro atoms. The standard InChI is InChI=1S/C24H24N4O2S/c1-2-30-23(29)19-8-6-17(7-9-19)21-16-28-24(25-21)31-22(26-28)18-10-12-20(13-11-18)27-14-4-3-5-15-27/h6-13,16H,2-5,14-15H2,1H3. The number of hydrogen-bond acceptors (Lipinski definition) is 6. The van der Waals surface area contributed by atoms with Crippen molar-refractivity contribution in [2.24, 2.45) is 0 Å². The molecular formula is C24H24N4O2S. The molecule has 0 saturated carbocycles. The molecule has 1 fully saturated rings. The summed E-state index contributed by atoms with van der Waals surface area (Å²) >= 11 is 1.57. The minimum absolute atomic E-state index is 0.308. The summed E-state index contributed by atoms with van der Waals surface area (Å²) in [6, 6.07) is 16.0. The second-order valence-corrected chi connectivity index (χ2v) is 8.61. The first-order valence-corrected chi connectivity index (χ1v) is 11.5. The molecule has 158 valence electrons. The van der Waals surface area contributed by atoms with E-state index in [4.69, 9.17) is 14.8 Å². The van der Waals surface area contributed by atoms with E-state index in [0.29, 0.717) is 12.2 Å². The van der Waals surface area contributed by atoms with Crippen molar-refractivity contribution in [3.63, 3.8) is 0 Å². The highest BCUT2D eigenvalue weighted by atomic mass is 32.1. The molecule has 1 saturated heterocycles. The first kappa shape index (κ1) is 19.8. The summed E-state index contributed by atoms with van der Waals surface area (Å²) in [5, 5.41) is 5.68. The fraction of sp³-hybridized carbons (Fsp3) is 0.292. The fourth-order valence-electron chi connectivity index (χ4n) is 3.91. The molecule has 0 unspecified atom stereocenters. The third-order valence-corrected chi connectivity index (χ3v) is 6.54. The molecule has 0 bridgehead atoms. The van der Waals surface area contributed by atoms with E-state index in [0.717, 1.165) is 39.9 Å². The van der Waals surface area contributed by atoms with Crippen LogP contribution in [0.1, 0.15) is 36.5 Å². The van der Waals surface area contributed by atoms with Crippen LogP contribution in [-0.4, -0.2) is 40.3 Å². The lowest BCUT2D eigenvalue weighted by Crippen LogP contribution is -2.29. The molecule has 5 rings (SSSR count). The van der Waals surface area contributed by atoms with Crippen LogP contribution >= 0.6 is 11.3 Å². The highest BCUT2D eigenvalue weighted by Crippen LogP contribution is 2.30. The zero-order valence-corrected chi connectivity index (χ0v) is 18.3. The van der Waals surface area contributed by atoms with E-state index in [1.54, 1.807) is 30.4 Å². The predicted octanol–water partition coefficient (Wildman–Crippen LogP) is 5.29. The largest absolute Gasteiger partial charge is 0.462 e. The molecule has 0 N–H and O–H groups in total. The Morgan fingerprint density at radius 2 is 1.71 bits per heavy atom. The molecule has 2 aromatic carbocycles. The molecule has 4 aromatic rings. The second kappa shape index (κ2) is 8.51. The van der Waals surface area contributed by atoms with Gasteiger partial charge in [0, 0.05) is 29.9 Å². The van der Waals surface area contributed by atoms with Crippen LogP contribution in [0.2, 0.25) is 0 Å². The number of benzene rings is 2. The zero-order valence-electron chi connectivity index (χ0n) is 17.5. The van der Waals surface area contributed by atoms with Gasteiger partial charge in [0.25, 0.3) is 0 Å². The van der Waals surface area contributed by atoms with Crippen molar-refractivity contribution in [1.82, 2.24) is 14.6 Å². The Labute approximate surface area is 185 Å². The number of hydrogen-bond donors (Lipinski definition) is 0. The molecular weight excluding hydrogens is 408 g/mol. The maximum atomic E-state index is 11.8. The van der Waals surface area contributed by atoms with E-state index in [1.807, 2.05) is 22.8 Å². The third-order valence-electron chi connectivity index (χ3n) is 5.57. The summed E-state index contributed by atoms with van der Waals surface area (Å²) in [5.74, 6) is -0.308. The summed E-state index contributed by atoms with van der Waals surface area (Å²) < 4.78 is 6.86. The number of fused-ring (bicyclic) bond motifs is 1. The summed E-state index contributed by atoms with van der Waals surface area (Å²) in [5.41, 5.74) is 4.72. The fourth-order valence-corrected chi connectivity index (χ4v) is 4.80. The topological polar surface area (TPSA) is 59.7 Å². The number of carbonyl (C=O) groups is 1. The summed E-state index contributed by atoms with van der Waals surface area (Å²) in [6.45, 7) is 4.46. The summed E-state index contributed by atoms with van der Waals surface area (Å²) in [7, 11) is 0. The second-order valence-electron chi connectivity index (χ2n) is 7.65. The molecule has 0 aliphatic carbocycles. The van der Waals surface area contributed by atoms with Crippen molar-refractivity contribution in [1.29, 1.82) is 0 Å². The van der Waals surface area contributed by atoms with Gasteiger partial charge >= 0.3 is 5.97 Å². The van der Waals surface area contributed by atoms with Crippen LogP contribution < -0.4 is 4.90 Å². The van der Waals surface area contributed by atoms with Gasteiger partial charge in [0.2, 0.25) is 4.96 Å². The molecule has 2 aromatic heterocycles. The molecule has 0 radical (unpaired) electrons. The molecule has 3 heterocycles. The number of carbonyl (C=O) groups excluding carboxylic acids is 1. The van der Waals surface area contributed by atoms with Crippen molar-refractivity contribution in [2.75, 3.05) is 24.6 Å². The Hall–Kier alpha value is -3.19. The monoisotopic (exact) mass is 432 g/mol. The Morgan fingerprint density at radius 1 is 1.00 bits per heavy atom. The zero-order chi connectivity index (χ0) is 21.2. The van der Waals surface area contributed by atoms with Gasteiger partial charge in [0.15, 0.2) is 0 Å². The summed E-state index contributed by atoms with van der Waals surface area (Å²) in [4.78, 5) is 19.9. The lowest BCUT2D eigenvalue weighted by atomic mass is 10.1. The number of anilines is 1. The van der Waals surface area contributed by atoms with Crippen LogP contribution in [0.4, 0.5) is 5.69 Å². The molecule has 0 amide bonds. The first-order valence-electron chi connectivity index (χ1n) is 10.7. The minimum atomic E-state index is -0.308. The number of imidazole rings is 1. The van der Waals surface area contributed by atoms with Gasteiger partial charge in [0.1, 0.15) is 5.01 Å². The van der Waals surface area contributed by atoms with E-state index in [-0.39, 0.29) is 5.97 Å². The number of nitrogens with zero attached hydrogens (tertiary/aromatic N) is 4. The van der Waals surface area contributed by atoms with Crippen LogP contribution in [0.3, 0.4) is 0 Å². The van der Waals surface area contributed by atoms with E-state index >= 15 is 0 Å². The van der Waals surface area contributed by atoms with Gasteiger partial charge in [-0.15, -0.1) is 0 Å². The quantitative estimate of drug-likeness (QED) is 0.401. The van der Waals surface area contributed by atoms with Gasteiger partial charge in [-0.05, 0) is 62.6 Å². The lowest BCUT2D eigenvalue weighted by molar-refractivity contribution is 0.0526. The van der Waals surface area contributed by atoms with Crippen LogP contribution in [-0.2, 0) is 4.74 Å². The van der Waals surface area contributed by atoms with Crippen molar-refractivity contribution in [3.05, 3.63) is 60.3 Å². The normalized spacial score (nSPS) is 14.2. The van der Waals surface area contributed by atoms with Crippen LogP contribution in [0.25, 0.3) is 26.8 Å². The Morgan fingerprint density at radius 3 is 2.39 bits per heavy atom. The number of ether oxygens (including phenoxy) is 1. The van der Waals surface area contributed by atoms with Crippen LogP contribution in [0, 0.1) is 0 Å². The molecule has 6 nitrogen and oxygen atoms in total. The Kier molecular flexibility index (Phi) is 5.42. The van der Waals surface area contributed by atoms with Crippen LogP contribution in [0.15, 0.2) is 54.7 Å². The maximum absolute atomic E-state index is 11.8. The predicted molar refractivity (Wildman–Crippen MR) is 124 cm³/mol. The minimum Gasteiger partial charge on any atom is -0.462 e. The maximum Gasteiger partial charge on any atom is 0.338 e. The van der Waals surface area contributed by atoms with Crippen molar-refractivity contribution < 1.29 is 9.53 Å². The van der Waals surface area contributed by atoms with Gasteiger partial charge in [-0.25, -0.2) is 14.3 Å². The molecule has 1 aliphatic rings. The lowest BCUT2D eigenvalue weighted by Gasteiger charge is -2.28. The Balaban J connectivity index is 1.34. The first-order chi connectivity index (χ1) is 15.2. The highest BCUT2D eigenvalue weighted by molar-refractivity contribution is 7.19. The molecule has 7 heteroatoms. The average Bonchev–Trinajstić information content (AvgIpc) is 3.40. The molecule has 31 heavy (non-hydrogen) atoms. The average molecular weight is 433 g/mol. The SMILES string of the molecule is CCOC(=O)c1ccc(-c2cn3nc(-c4ccc(N5CCCCC5)cc4)sc3n2)cc1. The van der Waals surface area contributed by atoms with Crippen molar-refractivity contribution >= 4 is 28.0 Å². The number of rotatable bonds is 5. The van der Waals surface area contributed by atoms with Gasteiger partial charge < -0.3 is 9.64 Å². The number of esters is 1. The van der Waals surface area contributed by atoms with E-state index < -0.39 is 0 Å². The summed E-state index contributed by atoms with van der Waals surface area (Å²) in [6.07, 6.45) is 5.82. The highest BCUT2D eigenvalue weighted by Gasteiger charge is 2.14. The van der Waals surface area contributed by atoms with E-state index in [9.17, 15) is 4.79 Å². The van der Waals surface area contributed by atoms with E-state index in [1.165, 1.54) is 24.9 Å². The molecule has 1 aliphatic heterocycles. The third kappa shape index (κ3) is 4.05. The van der Waals surface area contributed by atoms with E-state index in [2.05, 4.69) is 29.2 Å². The van der Waals surface area contributed by atoms with Gasteiger partial charge in [-0.3, -0.25) is 0 Å².